The summed E-state index contributed by atoms with van der Waals surface area (Å²) in [6.07, 6.45) is 2.66. The third-order valence-electron chi connectivity index (χ3n) is 5.81. The van der Waals surface area contributed by atoms with Gasteiger partial charge in [-0.15, -0.1) is 0 Å². The number of hydrogen-bond acceptors (Lipinski definition) is 6. The van der Waals surface area contributed by atoms with Crippen LogP contribution in [0.1, 0.15) is 46.0 Å². The van der Waals surface area contributed by atoms with Crippen LogP contribution in [0.15, 0.2) is 36.7 Å². The summed E-state index contributed by atoms with van der Waals surface area (Å²) in [5, 5.41) is 4.25. The monoisotopic (exact) mass is 397 g/mol. The number of aryl methyl sites for hydroxylation is 1. The lowest BCUT2D eigenvalue weighted by Crippen LogP contribution is -2.52. The van der Waals surface area contributed by atoms with Crippen molar-refractivity contribution in [2.24, 2.45) is 7.05 Å². The number of ether oxygens (including phenoxy) is 3. The molecule has 5 rings (SSSR count). The van der Waals surface area contributed by atoms with E-state index in [9.17, 15) is 9.59 Å². The van der Waals surface area contributed by atoms with Crippen LogP contribution in [-0.2, 0) is 21.3 Å². The molecule has 1 aromatic heterocycles. The maximum Gasteiger partial charge on any atom is 0.261 e. The highest BCUT2D eigenvalue weighted by molar-refractivity contribution is 6.21. The molecule has 0 spiro atoms. The van der Waals surface area contributed by atoms with Crippen molar-refractivity contribution in [2.75, 3.05) is 13.2 Å². The van der Waals surface area contributed by atoms with E-state index in [1.807, 2.05) is 33.3 Å². The normalized spacial score (nSPS) is 30.5. The van der Waals surface area contributed by atoms with Gasteiger partial charge in [0.2, 0.25) is 0 Å². The topological polar surface area (TPSA) is 82.9 Å². The summed E-state index contributed by atoms with van der Waals surface area (Å²) >= 11 is 0. The summed E-state index contributed by atoms with van der Waals surface area (Å²) in [7, 11) is 1.87. The summed E-state index contributed by atoms with van der Waals surface area (Å²) in [6.45, 7) is 4.27. The van der Waals surface area contributed by atoms with Gasteiger partial charge in [0.1, 0.15) is 12.2 Å². The molecule has 8 heteroatoms. The Balaban J connectivity index is 1.40. The average Bonchev–Trinajstić information content (AvgIpc) is 3.32. The predicted octanol–water partition coefficient (Wildman–Crippen LogP) is 1.72. The molecule has 0 bridgehead atoms. The number of rotatable bonds is 3. The van der Waals surface area contributed by atoms with E-state index in [4.69, 9.17) is 14.2 Å². The minimum atomic E-state index is -0.774. The van der Waals surface area contributed by atoms with E-state index in [1.54, 1.807) is 28.9 Å². The fraction of sp³-hybridized carbons (Fsp3) is 0.476. The Morgan fingerprint density at radius 3 is 2.38 bits per heavy atom. The molecular formula is C21H23N3O5. The van der Waals surface area contributed by atoms with Crippen LogP contribution in [0.5, 0.6) is 0 Å². The molecule has 29 heavy (non-hydrogen) atoms. The zero-order valence-corrected chi connectivity index (χ0v) is 16.6. The van der Waals surface area contributed by atoms with Crippen LogP contribution in [0.4, 0.5) is 0 Å². The second-order valence-corrected chi connectivity index (χ2v) is 8.26. The minimum Gasteiger partial charge on any atom is -0.373 e. The number of benzene rings is 1. The number of hydrogen-bond donors (Lipinski definition) is 0. The van der Waals surface area contributed by atoms with Gasteiger partial charge in [0, 0.05) is 19.2 Å². The molecule has 2 fully saturated rings. The standard InChI is InChI=1S/C21H23N3O5/c1-21(2)28-17-15(12-8-22-23(3)9-12)11-27-16(18(17)29-21)10-24-19(25)13-6-4-5-7-14(13)20(24)26/h4-9,15-18H,10-11H2,1-3H3/t15-,16+,17+,18-/m0/s1. The van der Waals surface area contributed by atoms with E-state index in [1.165, 1.54) is 4.90 Å². The summed E-state index contributed by atoms with van der Waals surface area (Å²) < 4.78 is 20.2. The first kappa shape index (κ1) is 18.5. The smallest absolute Gasteiger partial charge is 0.261 e. The molecule has 152 valence electrons. The van der Waals surface area contributed by atoms with Crippen LogP contribution in [0.2, 0.25) is 0 Å². The van der Waals surface area contributed by atoms with Gasteiger partial charge in [-0.1, -0.05) is 12.1 Å². The highest BCUT2D eigenvalue weighted by atomic mass is 16.8. The molecule has 4 atom stereocenters. The van der Waals surface area contributed by atoms with Gasteiger partial charge in [-0.3, -0.25) is 19.2 Å². The summed E-state index contributed by atoms with van der Waals surface area (Å²) in [5.41, 5.74) is 1.88. The molecule has 2 amide bonds. The van der Waals surface area contributed by atoms with Gasteiger partial charge in [-0.25, -0.2) is 0 Å². The highest BCUT2D eigenvalue weighted by Crippen LogP contribution is 2.42. The quantitative estimate of drug-likeness (QED) is 0.734. The van der Waals surface area contributed by atoms with Gasteiger partial charge in [0.15, 0.2) is 5.79 Å². The van der Waals surface area contributed by atoms with E-state index in [0.29, 0.717) is 17.7 Å². The van der Waals surface area contributed by atoms with Crippen molar-refractivity contribution in [2.45, 2.75) is 43.9 Å². The first-order valence-corrected chi connectivity index (χ1v) is 9.75. The fourth-order valence-electron chi connectivity index (χ4n) is 4.49. The second-order valence-electron chi connectivity index (χ2n) is 8.26. The number of fused-ring (bicyclic) bond motifs is 2. The van der Waals surface area contributed by atoms with Crippen molar-refractivity contribution in [3.05, 3.63) is 53.3 Å². The Hall–Kier alpha value is -2.55. The van der Waals surface area contributed by atoms with Crippen LogP contribution in [0.3, 0.4) is 0 Å². The number of carbonyl (C=O) groups is 2. The zero-order valence-electron chi connectivity index (χ0n) is 16.6. The van der Waals surface area contributed by atoms with Gasteiger partial charge in [0.05, 0.1) is 36.6 Å². The van der Waals surface area contributed by atoms with Gasteiger partial charge in [0.25, 0.3) is 11.8 Å². The van der Waals surface area contributed by atoms with Crippen molar-refractivity contribution in [1.82, 2.24) is 14.7 Å². The minimum absolute atomic E-state index is 0.0334. The van der Waals surface area contributed by atoms with E-state index in [-0.39, 0.29) is 30.4 Å². The Morgan fingerprint density at radius 1 is 1.10 bits per heavy atom. The summed E-state index contributed by atoms with van der Waals surface area (Å²) in [5.74, 6) is -1.39. The maximum atomic E-state index is 12.8. The number of imide groups is 1. The predicted molar refractivity (Wildman–Crippen MR) is 101 cm³/mol. The van der Waals surface area contributed by atoms with Crippen molar-refractivity contribution in [3.63, 3.8) is 0 Å². The van der Waals surface area contributed by atoms with Crippen LogP contribution >= 0.6 is 0 Å². The van der Waals surface area contributed by atoms with Crippen LogP contribution in [0.25, 0.3) is 0 Å². The van der Waals surface area contributed by atoms with E-state index >= 15 is 0 Å². The number of amides is 2. The molecule has 3 aliphatic heterocycles. The largest absolute Gasteiger partial charge is 0.373 e. The first-order chi connectivity index (χ1) is 13.8. The van der Waals surface area contributed by atoms with E-state index in [2.05, 4.69) is 5.10 Å². The Labute approximate surface area is 168 Å². The van der Waals surface area contributed by atoms with Crippen LogP contribution < -0.4 is 0 Å². The molecule has 3 aliphatic rings. The molecular weight excluding hydrogens is 374 g/mol. The molecule has 0 N–H and O–H groups in total. The maximum absolute atomic E-state index is 12.8. The lowest BCUT2D eigenvalue weighted by Gasteiger charge is -2.37. The van der Waals surface area contributed by atoms with Crippen molar-refractivity contribution in [1.29, 1.82) is 0 Å². The Kier molecular flexibility index (Phi) is 4.13. The molecule has 4 heterocycles. The molecule has 8 nitrogen and oxygen atoms in total. The molecule has 2 saturated heterocycles. The van der Waals surface area contributed by atoms with Gasteiger partial charge >= 0.3 is 0 Å². The third-order valence-corrected chi connectivity index (χ3v) is 5.81. The number of aromatic nitrogens is 2. The fourth-order valence-corrected chi connectivity index (χ4v) is 4.49. The third kappa shape index (κ3) is 2.99. The summed E-state index contributed by atoms with van der Waals surface area (Å²) in [6, 6.07) is 6.87. The van der Waals surface area contributed by atoms with Gasteiger partial charge in [-0.2, -0.15) is 5.10 Å². The molecule has 0 unspecified atom stereocenters. The molecule has 1 aromatic carbocycles. The number of nitrogens with zero attached hydrogens (tertiary/aromatic N) is 3. The molecule has 2 aromatic rings. The summed E-state index contributed by atoms with van der Waals surface area (Å²) in [4.78, 5) is 26.8. The SMILES string of the molecule is Cn1cc([C@@H]2CO[C@H](CN3C(=O)c4ccccc4C3=O)[C@@H]3OC(C)(C)O[C@@H]32)cn1. The first-order valence-electron chi connectivity index (χ1n) is 9.75. The van der Waals surface area contributed by atoms with Crippen molar-refractivity contribution >= 4 is 11.8 Å². The highest BCUT2D eigenvalue weighted by Gasteiger charge is 2.53. The lowest BCUT2D eigenvalue weighted by atomic mass is 9.88. The number of carbonyl (C=O) groups excluding carboxylic acids is 2. The molecule has 0 aliphatic carbocycles. The average molecular weight is 397 g/mol. The molecule has 0 saturated carbocycles. The van der Waals surface area contributed by atoms with Gasteiger partial charge < -0.3 is 14.2 Å². The van der Waals surface area contributed by atoms with Gasteiger partial charge in [-0.05, 0) is 31.5 Å². The second kappa shape index (κ2) is 6.48. The Bertz CT molecular complexity index is 949. The Morgan fingerprint density at radius 2 is 1.76 bits per heavy atom. The van der Waals surface area contributed by atoms with E-state index < -0.39 is 18.0 Å². The molecule has 0 radical (unpaired) electrons. The van der Waals surface area contributed by atoms with Crippen molar-refractivity contribution < 1.29 is 23.8 Å². The lowest BCUT2D eigenvalue weighted by molar-refractivity contribution is -0.154. The van der Waals surface area contributed by atoms with Crippen LogP contribution in [0, 0.1) is 0 Å². The van der Waals surface area contributed by atoms with Crippen LogP contribution in [-0.4, -0.2) is 63.7 Å². The van der Waals surface area contributed by atoms with E-state index in [0.717, 1.165) is 5.56 Å². The zero-order chi connectivity index (χ0) is 20.3. The van der Waals surface area contributed by atoms with Crippen molar-refractivity contribution in [3.8, 4) is 0 Å².